The van der Waals surface area contributed by atoms with Crippen molar-refractivity contribution in [2.75, 3.05) is 12.3 Å². The maximum atomic E-state index is 13.2. The molecule has 12 heteroatoms. The topological polar surface area (TPSA) is 183 Å². The predicted octanol–water partition coefficient (Wildman–Crippen LogP) is 0.531. The number of amidine groups is 1. The Morgan fingerprint density at radius 2 is 1.91 bits per heavy atom. The zero-order chi connectivity index (χ0) is 25.3. The van der Waals surface area contributed by atoms with Crippen LogP contribution in [0.5, 0.6) is 0 Å². The van der Waals surface area contributed by atoms with Crippen LogP contribution < -0.4 is 15.8 Å². The van der Waals surface area contributed by atoms with E-state index in [-0.39, 0.29) is 24.7 Å². The summed E-state index contributed by atoms with van der Waals surface area (Å²) in [4.78, 5) is 38.3. The molecule has 0 aromatic heterocycles. The highest BCUT2D eigenvalue weighted by Gasteiger charge is 2.38. The van der Waals surface area contributed by atoms with E-state index >= 15 is 0 Å². The van der Waals surface area contributed by atoms with E-state index in [0.29, 0.717) is 31.4 Å². The Morgan fingerprint density at radius 1 is 1.24 bits per heavy atom. The van der Waals surface area contributed by atoms with Crippen molar-refractivity contribution in [1.82, 2.24) is 14.9 Å². The molecule has 0 radical (unpaired) electrons. The fraction of sp³-hybridized carbons (Fsp3) is 0.545. The molecule has 34 heavy (non-hydrogen) atoms. The number of hydrogen-bond donors (Lipinski definition) is 5. The maximum Gasteiger partial charge on any atom is 0.320 e. The summed E-state index contributed by atoms with van der Waals surface area (Å²) in [5.41, 5.74) is 6.81. The minimum absolute atomic E-state index is 0.0526. The van der Waals surface area contributed by atoms with Gasteiger partial charge in [-0.2, -0.15) is 0 Å². The van der Waals surface area contributed by atoms with E-state index in [1.807, 2.05) is 6.92 Å². The van der Waals surface area contributed by atoms with E-state index in [4.69, 9.17) is 16.2 Å². The van der Waals surface area contributed by atoms with E-state index in [2.05, 4.69) is 10.0 Å². The van der Waals surface area contributed by atoms with Gasteiger partial charge in [0.2, 0.25) is 21.8 Å². The van der Waals surface area contributed by atoms with Crippen LogP contribution in [0.2, 0.25) is 0 Å². The van der Waals surface area contributed by atoms with Gasteiger partial charge in [-0.3, -0.25) is 19.8 Å². The average Bonchev–Trinajstić information content (AvgIpc) is 3.25. The summed E-state index contributed by atoms with van der Waals surface area (Å²) in [5.74, 6) is -3.56. The Labute approximate surface area is 199 Å². The molecule has 1 aromatic rings. The van der Waals surface area contributed by atoms with Crippen LogP contribution in [0.1, 0.15) is 56.6 Å². The molecule has 1 heterocycles. The Kier molecular flexibility index (Phi) is 9.99. The van der Waals surface area contributed by atoms with Crippen LogP contribution in [-0.4, -0.2) is 66.4 Å². The Balaban J connectivity index is 2.07. The summed E-state index contributed by atoms with van der Waals surface area (Å²) in [6.45, 7) is 2.51. The molecular formula is C22H33N5O6S. The molecule has 0 aliphatic carbocycles. The molecule has 2 rings (SSSR count). The molecule has 2 amide bonds. The number of sulfonamides is 1. The average molecular weight is 496 g/mol. The number of carbonyl (C=O) groups excluding carboxylic acids is 2. The number of unbranched alkanes of at least 4 members (excludes halogenated alkanes) is 2. The standard InChI is InChI=1S/C22H33N5O6S/c1-2-3-4-6-17(26-34(32,33)14-19(28)29)22(31)27-12-5-7-18(27)21(30)25-13-15-8-10-16(11-9-15)20(23)24/h8-11,17-18,26H,2-7,12-14H2,1H3,(H3,23,24)(H,25,30)(H,28,29)/t17-,18+/m1/s1. The number of nitrogens with zero attached hydrogens (tertiary/aromatic N) is 1. The molecule has 1 aliphatic rings. The van der Waals surface area contributed by atoms with Crippen LogP contribution in [0.15, 0.2) is 24.3 Å². The van der Waals surface area contributed by atoms with Crippen molar-refractivity contribution in [3.05, 3.63) is 35.4 Å². The van der Waals surface area contributed by atoms with Gasteiger partial charge in [-0.05, 0) is 24.8 Å². The lowest BCUT2D eigenvalue weighted by Crippen LogP contribution is -2.53. The van der Waals surface area contributed by atoms with Crippen LogP contribution in [0.25, 0.3) is 0 Å². The second kappa shape index (κ2) is 12.5. The molecule has 0 spiro atoms. The number of carboxylic acids is 1. The van der Waals surface area contributed by atoms with Crippen molar-refractivity contribution in [1.29, 1.82) is 5.41 Å². The van der Waals surface area contributed by atoms with E-state index in [9.17, 15) is 22.8 Å². The first-order chi connectivity index (χ1) is 16.0. The Morgan fingerprint density at radius 3 is 2.50 bits per heavy atom. The number of likely N-dealkylation sites (tertiary alicyclic amines) is 1. The van der Waals surface area contributed by atoms with Crippen molar-refractivity contribution in [2.45, 2.75) is 64.1 Å². The van der Waals surface area contributed by atoms with Crippen LogP contribution >= 0.6 is 0 Å². The third-order valence-corrected chi connectivity index (χ3v) is 6.87. The number of rotatable bonds is 13. The number of nitrogen functional groups attached to an aromatic ring is 1. The lowest BCUT2D eigenvalue weighted by atomic mass is 10.1. The fourth-order valence-corrected chi connectivity index (χ4v) is 4.93. The van der Waals surface area contributed by atoms with Crippen molar-refractivity contribution in [3.8, 4) is 0 Å². The number of benzene rings is 1. The highest BCUT2D eigenvalue weighted by molar-refractivity contribution is 7.90. The first-order valence-corrected chi connectivity index (χ1v) is 12.9. The highest BCUT2D eigenvalue weighted by atomic mass is 32.2. The van der Waals surface area contributed by atoms with Gasteiger partial charge in [-0.25, -0.2) is 13.1 Å². The molecule has 188 valence electrons. The maximum absolute atomic E-state index is 13.2. The number of hydrogen-bond acceptors (Lipinski definition) is 6. The van der Waals surface area contributed by atoms with Crippen molar-refractivity contribution >= 4 is 33.6 Å². The van der Waals surface area contributed by atoms with E-state index in [1.165, 1.54) is 4.90 Å². The summed E-state index contributed by atoms with van der Waals surface area (Å²) >= 11 is 0. The van der Waals surface area contributed by atoms with Gasteiger partial charge >= 0.3 is 5.97 Å². The second-order valence-electron chi connectivity index (χ2n) is 8.34. The molecule has 0 unspecified atom stereocenters. The largest absolute Gasteiger partial charge is 0.480 e. The quantitative estimate of drug-likeness (QED) is 0.150. The van der Waals surface area contributed by atoms with Gasteiger partial charge in [0.15, 0.2) is 5.75 Å². The predicted molar refractivity (Wildman–Crippen MR) is 127 cm³/mol. The van der Waals surface area contributed by atoms with Gasteiger partial charge in [0, 0.05) is 18.7 Å². The molecule has 1 fully saturated rings. The summed E-state index contributed by atoms with van der Waals surface area (Å²) in [5, 5.41) is 19.1. The van der Waals surface area contributed by atoms with Crippen LogP contribution in [0, 0.1) is 5.41 Å². The van der Waals surface area contributed by atoms with Crippen molar-refractivity contribution < 1.29 is 27.9 Å². The van der Waals surface area contributed by atoms with Crippen LogP contribution in [0.3, 0.4) is 0 Å². The Bertz CT molecular complexity index is 996. The lowest BCUT2D eigenvalue weighted by Gasteiger charge is -2.28. The number of carbonyl (C=O) groups is 3. The van der Waals surface area contributed by atoms with E-state index in [0.717, 1.165) is 18.4 Å². The van der Waals surface area contributed by atoms with Gasteiger partial charge in [0.25, 0.3) is 0 Å². The van der Waals surface area contributed by atoms with Gasteiger partial charge in [0.05, 0.1) is 0 Å². The molecule has 0 bridgehead atoms. The summed E-state index contributed by atoms with van der Waals surface area (Å²) < 4.78 is 26.6. The first-order valence-electron chi connectivity index (χ1n) is 11.3. The van der Waals surface area contributed by atoms with Crippen molar-refractivity contribution in [2.24, 2.45) is 5.73 Å². The normalized spacial score (nSPS) is 16.7. The fourth-order valence-electron chi connectivity index (χ4n) is 3.86. The monoisotopic (exact) mass is 495 g/mol. The van der Waals surface area contributed by atoms with Gasteiger partial charge < -0.3 is 21.1 Å². The van der Waals surface area contributed by atoms with Crippen molar-refractivity contribution in [3.63, 3.8) is 0 Å². The SMILES string of the molecule is CCCCC[C@@H](NS(=O)(=O)CC(=O)O)C(=O)N1CCC[C@H]1C(=O)NCc1ccc(C(=N)N)cc1. The van der Waals surface area contributed by atoms with Crippen LogP contribution in [0.4, 0.5) is 0 Å². The first kappa shape index (κ1) is 27.3. The van der Waals surface area contributed by atoms with E-state index < -0.39 is 39.7 Å². The van der Waals surface area contributed by atoms with Gasteiger partial charge in [-0.1, -0.05) is 50.5 Å². The minimum Gasteiger partial charge on any atom is -0.480 e. The zero-order valence-corrected chi connectivity index (χ0v) is 20.1. The second-order valence-corrected chi connectivity index (χ2v) is 10.1. The molecule has 1 aromatic carbocycles. The number of nitrogens with one attached hydrogen (secondary N) is 3. The summed E-state index contributed by atoms with van der Waals surface area (Å²) in [6.07, 6.45) is 3.51. The summed E-state index contributed by atoms with van der Waals surface area (Å²) in [6, 6.07) is 4.99. The molecule has 1 saturated heterocycles. The molecule has 6 N–H and O–H groups in total. The molecule has 1 aliphatic heterocycles. The van der Waals surface area contributed by atoms with Crippen LogP contribution in [-0.2, 0) is 31.0 Å². The Hall–Kier alpha value is -2.99. The number of aliphatic carboxylic acids is 1. The minimum atomic E-state index is -4.21. The van der Waals surface area contributed by atoms with Gasteiger partial charge in [-0.15, -0.1) is 0 Å². The molecular weight excluding hydrogens is 462 g/mol. The molecule has 2 atom stereocenters. The summed E-state index contributed by atoms with van der Waals surface area (Å²) in [7, 11) is -4.21. The molecule has 11 nitrogen and oxygen atoms in total. The number of amides is 2. The van der Waals surface area contributed by atoms with E-state index in [1.54, 1.807) is 24.3 Å². The zero-order valence-electron chi connectivity index (χ0n) is 19.2. The number of nitrogens with two attached hydrogens (primary N) is 1. The third-order valence-electron chi connectivity index (χ3n) is 5.60. The highest BCUT2D eigenvalue weighted by Crippen LogP contribution is 2.21. The smallest absolute Gasteiger partial charge is 0.320 e. The van der Waals surface area contributed by atoms with Gasteiger partial charge in [0.1, 0.15) is 17.9 Å². The molecule has 0 saturated carbocycles. The third kappa shape index (κ3) is 8.10. The lowest BCUT2D eigenvalue weighted by molar-refractivity contribution is -0.140. The number of carboxylic acid groups (broad SMARTS) is 1.